The minimum atomic E-state index is 0.254. The number of nitrogen functional groups attached to an aromatic ring is 1. The molecule has 6 nitrogen and oxygen atoms in total. The van der Waals surface area contributed by atoms with Crippen LogP contribution in [-0.4, -0.2) is 43.4 Å². The molecule has 1 saturated heterocycles. The molecule has 2 rings (SSSR count). The van der Waals surface area contributed by atoms with Gasteiger partial charge in [-0.15, -0.1) is 0 Å². The normalized spacial score (nSPS) is 19.6. The van der Waals surface area contributed by atoms with E-state index in [2.05, 4.69) is 9.97 Å². The van der Waals surface area contributed by atoms with Crippen LogP contribution in [0.4, 0.5) is 11.5 Å². The Morgan fingerprint density at radius 3 is 3.00 bits per heavy atom. The Balaban J connectivity index is 2.05. The van der Waals surface area contributed by atoms with Crippen LogP contribution >= 0.6 is 0 Å². The molecule has 1 atom stereocenters. The van der Waals surface area contributed by atoms with Crippen LogP contribution in [0.1, 0.15) is 19.3 Å². The van der Waals surface area contributed by atoms with Crippen molar-refractivity contribution in [3.05, 3.63) is 6.33 Å². The number of nitrogens with zero attached hydrogens (tertiary/aromatic N) is 3. The SMILES string of the molecule is COc1ncnc(N(C)CC2CCCCO2)c1N. The topological polar surface area (TPSA) is 73.5 Å². The maximum atomic E-state index is 5.97. The van der Waals surface area contributed by atoms with E-state index in [0.717, 1.165) is 26.0 Å². The largest absolute Gasteiger partial charge is 0.479 e. The van der Waals surface area contributed by atoms with Crippen molar-refractivity contribution in [1.82, 2.24) is 9.97 Å². The lowest BCUT2D eigenvalue weighted by molar-refractivity contribution is 0.0215. The summed E-state index contributed by atoms with van der Waals surface area (Å²) in [6, 6.07) is 0. The fourth-order valence-electron chi connectivity index (χ4n) is 2.18. The van der Waals surface area contributed by atoms with Crippen LogP contribution in [-0.2, 0) is 4.74 Å². The second kappa shape index (κ2) is 5.86. The lowest BCUT2D eigenvalue weighted by Gasteiger charge is -2.28. The molecule has 0 spiro atoms. The Hall–Kier alpha value is -1.56. The van der Waals surface area contributed by atoms with Crippen molar-refractivity contribution in [3.8, 4) is 5.88 Å². The van der Waals surface area contributed by atoms with Crippen LogP contribution in [0.25, 0.3) is 0 Å². The molecule has 1 aromatic heterocycles. The van der Waals surface area contributed by atoms with E-state index in [1.165, 1.54) is 12.7 Å². The van der Waals surface area contributed by atoms with Crippen LogP contribution in [0.3, 0.4) is 0 Å². The van der Waals surface area contributed by atoms with Crippen molar-refractivity contribution in [3.63, 3.8) is 0 Å². The molecular weight excluding hydrogens is 232 g/mol. The highest BCUT2D eigenvalue weighted by molar-refractivity contribution is 5.67. The van der Waals surface area contributed by atoms with Gasteiger partial charge in [0.2, 0.25) is 5.88 Å². The van der Waals surface area contributed by atoms with E-state index in [9.17, 15) is 0 Å². The number of aromatic nitrogens is 2. The van der Waals surface area contributed by atoms with E-state index in [1.807, 2.05) is 11.9 Å². The highest BCUT2D eigenvalue weighted by Crippen LogP contribution is 2.27. The molecule has 6 heteroatoms. The number of likely N-dealkylation sites (N-methyl/N-ethyl adjacent to an activating group) is 1. The minimum absolute atomic E-state index is 0.254. The fourth-order valence-corrected chi connectivity index (χ4v) is 2.18. The number of hydrogen-bond donors (Lipinski definition) is 1. The van der Waals surface area contributed by atoms with Crippen molar-refractivity contribution in [2.24, 2.45) is 0 Å². The van der Waals surface area contributed by atoms with Crippen molar-refractivity contribution in [2.75, 3.05) is 37.9 Å². The Bertz CT molecular complexity index is 394. The van der Waals surface area contributed by atoms with E-state index in [-0.39, 0.29) is 6.10 Å². The minimum Gasteiger partial charge on any atom is -0.479 e. The predicted molar refractivity (Wildman–Crippen MR) is 69.9 cm³/mol. The number of hydrogen-bond acceptors (Lipinski definition) is 6. The van der Waals surface area contributed by atoms with Crippen LogP contribution < -0.4 is 15.4 Å². The summed E-state index contributed by atoms with van der Waals surface area (Å²) in [5, 5.41) is 0. The third kappa shape index (κ3) is 2.81. The maximum Gasteiger partial charge on any atom is 0.242 e. The lowest BCUT2D eigenvalue weighted by atomic mass is 10.1. The quantitative estimate of drug-likeness (QED) is 0.864. The predicted octanol–water partition coefficient (Wildman–Crippen LogP) is 1.07. The van der Waals surface area contributed by atoms with Crippen molar-refractivity contribution in [2.45, 2.75) is 25.4 Å². The summed E-state index contributed by atoms with van der Waals surface area (Å²) < 4.78 is 10.8. The molecule has 0 radical (unpaired) electrons. The second-order valence-electron chi connectivity index (χ2n) is 4.49. The van der Waals surface area contributed by atoms with Gasteiger partial charge in [0.1, 0.15) is 12.0 Å². The molecule has 2 heterocycles. The van der Waals surface area contributed by atoms with Gasteiger partial charge in [-0.3, -0.25) is 0 Å². The molecule has 1 unspecified atom stereocenters. The number of ether oxygens (including phenoxy) is 2. The second-order valence-corrected chi connectivity index (χ2v) is 4.49. The average molecular weight is 252 g/mol. The molecule has 100 valence electrons. The highest BCUT2D eigenvalue weighted by Gasteiger charge is 2.19. The van der Waals surface area contributed by atoms with Crippen LogP contribution in [0, 0.1) is 0 Å². The van der Waals surface area contributed by atoms with Gasteiger partial charge in [-0.25, -0.2) is 4.98 Å². The third-order valence-corrected chi connectivity index (χ3v) is 3.13. The molecule has 0 aromatic carbocycles. The van der Waals surface area contributed by atoms with Crippen LogP contribution in [0.5, 0.6) is 5.88 Å². The summed E-state index contributed by atoms with van der Waals surface area (Å²) in [5.41, 5.74) is 6.44. The first-order valence-electron chi connectivity index (χ1n) is 6.19. The summed E-state index contributed by atoms with van der Waals surface area (Å²) in [6.45, 7) is 1.63. The van der Waals surface area contributed by atoms with Gasteiger partial charge in [0.25, 0.3) is 0 Å². The van der Waals surface area contributed by atoms with Gasteiger partial charge in [-0.2, -0.15) is 4.98 Å². The molecule has 0 amide bonds. The number of anilines is 2. The molecule has 0 bridgehead atoms. The molecule has 1 aliphatic heterocycles. The molecular formula is C12H20N4O2. The van der Waals surface area contributed by atoms with Gasteiger partial charge in [0, 0.05) is 20.2 Å². The molecule has 18 heavy (non-hydrogen) atoms. The Kier molecular flexibility index (Phi) is 4.19. The molecule has 1 aromatic rings. The Morgan fingerprint density at radius 2 is 2.33 bits per heavy atom. The maximum absolute atomic E-state index is 5.97. The summed E-state index contributed by atoms with van der Waals surface area (Å²) in [7, 11) is 3.50. The van der Waals surface area contributed by atoms with Gasteiger partial charge in [0.15, 0.2) is 5.82 Å². The summed E-state index contributed by atoms with van der Waals surface area (Å²) in [4.78, 5) is 10.2. The first-order chi connectivity index (χ1) is 8.72. The first kappa shape index (κ1) is 12.9. The van der Waals surface area contributed by atoms with Crippen molar-refractivity contribution >= 4 is 11.5 Å². The van der Waals surface area contributed by atoms with Gasteiger partial charge in [-0.05, 0) is 19.3 Å². The monoisotopic (exact) mass is 252 g/mol. The molecule has 0 saturated carbocycles. The van der Waals surface area contributed by atoms with E-state index in [1.54, 1.807) is 7.11 Å². The smallest absolute Gasteiger partial charge is 0.242 e. The lowest BCUT2D eigenvalue weighted by Crippen LogP contribution is -2.34. The van der Waals surface area contributed by atoms with Crippen LogP contribution in [0.15, 0.2) is 6.33 Å². The summed E-state index contributed by atoms with van der Waals surface area (Å²) in [6.07, 6.45) is 5.18. The van der Waals surface area contributed by atoms with E-state index in [0.29, 0.717) is 17.4 Å². The summed E-state index contributed by atoms with van der Waals surface area (Å²) >= 11 is 0. The van der Waals surface area contributed by atoms with E-state index in [4.69, 9.17) is 15.2 Å². The first-order valence-corrected chi connectivity index (χ1v) is 6.19. The summed E-state index contributed by atoms with van der Waals surface area (Å²) in [5.74, 6) is 1.10. The van der Waals surface area contributed by atoms with Crippen molar-refractivity contribution < 1.29 is 9.47 Å². The average Bonchev–Trinajstić information content (AvgIpc) is 2.40. The molecule has 2 N–H and O–H groups in total. The van der Waals surface area contributed by atoms with Gasteiger partial charge in [0.05, 0.1) is 13.2 Å². The van der Waals surface area contributed by atoms with Gasteiger partial charge < -0.3 is 20.1 Å². The molecule has 1 fully saturated rings. The number of nitrogens with two attached hydrogens (primary N) is 1. The van der Waals surface area contributed by atoms with Gasteiger partial charge >= 0.3 is 0 Å². The standard InChI is InChI=1S/C12H20N4O2/c1-16(7-9-5-3-4-6-18-9)11-10(13)12(17-2)15-8-14-11/h8-9H,3-7,13H2,1-2H3. The molecule has 0 aliphatic carbocycles. The molecule has 1 aliphatic rings. The van der Waals surface area contributed by atoms with Crippen molar-refractivity contribution in [1.29, 1.82) is 0 Å². The number of methoxy groups -OCH3 is 1. The Labute approximate surface area is 107 Å². The zero-order valence-electron chi connectivity index (χ0n) is 10.9. The van der Waals surface area contributed by atoms with E-state index >= 15 is 0 Å². The fraction of sp³-hybridized carbons (Fsp3) is 0.667. The highest BCUT2D eigenvalue weighted by atomic mass is 16.5. The van der Waals surface area contributed by atoms with E-state index < -0.39 is 0 Å². The zero-order valence-corrected chi connectivity index (χ0v) is 10.9. The third-order valence-electron chi connectivity index (χ3n) is 3.13. The van der Waals surface area contributed by atoms with Crippen LogP contribution in [0.2, 0.25) is 0 Å². The number of rotatable bonds is 4. The van der Waals surface area contributed by atoms with Gasteiger partial charge in [-0.1, -0.05) is 0 Å². The zero-order chi connectivity index (χ0) is 13.0. The Morgan fingerprint density at radius 1 is 1.50 bits per heavy atom.